The summed E-state index contributed by atoms with van der Waals surface area (Å²) in [5.74, 6) is 0.367. The molecule has 4 rings (SSSR count). The molecule has 0 radical (unpaired) electrons. The van der Waals surface area contributed by atoms with Crippen LogP contribution in [0.25, 0.3) is 11.0 Å². The van der Waals surface area contributed by atoms with Gasteiger partial charge in [-0.1, -0.05) is 53.5 Å². The Balaban J connectivity index is 2.02. The number of aromatic nitrogens is 1. The van der Waals surface area contributed by atoms with Crippen molar-refractivity contribution in [1.29, 1.82) is 0 Å². The fourth-order valence-electron chi connectivity index (χ4n) is 2.95. The van der Waals surface area contributed by atoms with Crippen LogP contribution in [0.2, 0.25) is 10.0 Å². The topological polar surface area (TPSA) is 46.3 Å². The highest BCUT2D eigenvalue weighted by atomic mass is 35.5. The number of fused-ring (bicyclic) bond motifs is 1. The first-order chi connectivity index (χ1) is 12.1. The van der Waals surface area contributed by atoms with Gasteiger partial charge in [-0.2, -0.15) is 0 Å². The summed E-state index contributed by atoms with van der Waals surface area (Å²) in [7, 11) is 0. The Labute approximate surface area is 154 Å². The molecule has 0 spiro atoms. The van der Waals surface area contributed by atoms with Gasteiger partial charge >= 0.3 is 0 Å². The molecule has 0 aliphatic heterocycles. The molecule has 25 heavy (non-hydrogen) atoms. The van der Waals surface area contributed by atoms with Crippen LogP contribution < -0.4 is 0 Å². The van der Waals surface area contributed by atoms with E-state index < -0.39 is 5.60 Å². The second-order valence-electron chi connectivity index (χ2n) is 5.72. The summed E-state index contributed by atoms with van der Waals surface area (Å²) in [4.78, 5) is 4.13. The van der Waals surface area contributed by atoms with E-state index in [-0.39, 0.29) is 0 Å². The zero-order valence-corrected chi connectivity index (χ0v) is 14.5. The first-order valence-electron chi connectivity index (χ1n) is 7.66. The van der Waals surface area contributed by atoms with Gasteiger partial charge in [0.1, 0.15) is 11.3 Å². The van der Waals surface area contributed by atoms with Crippen molar-refractivity contribution < 1.29 is 9.52 Å². The monoisotopic (exact) mass is 369 g/mol. The highest BCUT2D eigenvalue weighted by Gasteiger charge is 2.39. The van der Waals surface area contributed by atoms with Crippen LogP contribution in [0.15, 0.2) is 77.5 Å². The molecule has 0 fully saturated rings. The van der Waals surface area contributed by atoms with Crippen LogP contribution in [0, 0.1) is 0 Å². The largest absolute Gasteiger partial charge is 0.457 e. The molecular weight excluding hydrogens is 357 g/mol. The van der Waals surface area contributed by atoms with Gasteiger partial charge in [0.25, 0.3) is 0 Å². The molecule has 5 heteroatoms. The SMILES string of the molecule is OC(c1cccnc1)(c1cc2ccccc2o1)c1ccc(Cl)cc1Cl. The van der Waals surface area contributed by atoms with Crippen molar-refractivity contribution in [1.82, 2.24) is 4.98 Å². The molecule has 0 amide bonds. The van der Waals surface area contributed by atoms with E-state index in [1.165, 1.54) is 0 Å². The zero-order chi connectivity index (χ0) is 17.4. The van der Waals surface area contributed by atoms with E-state index in [0.29, 0.717) is 32.5 Å². The van der Waals surface area contributed by atoms with E-state index in [2.05, 4.69) is 4.98 Å². The number of para-hydroxylation sites is 1. The van der Waals surface area contributed by atoms with E-state index in [1.807, 2.05) is 30.3 Å². The van der Waals surface area contributed by atoms with E-state index in [9.17, 15) is 5.11 Å². The highest BCUT2D eigenvalue weighted by Crippen LogP contribution is 2.42. The van der Waals surface area contributed by atoms with Crippen LogP contribution in [0.5, 0.6) is 0 Å². The molecule has 0 aliphatic rings. The molecule has 1 atom stereocenters. The molecule has 3 nitrogen and oxygen atoms in total. The van der Waals surface area contributed by atoms with Crippen molar-refractivity contribution in [2.24, 2.45) is 0 Å². The Morgan fingerprint density at radius 3 is 2.52 bits per heavy atom. The van der Waals surface area contributed by atoms with Crippen molar-refractivity contribution in [3.63, 3.8) is 0 Å². The van der Waals surface area contributed by atoms with E-state index in [1.54, 1.807) is 42.7 Å². The van der Waals surface area contributed by atoms with E-state index in [0.717, 1.165) is 5.39 Å². The van der Waals surface area contributed by atoms with Crippen molar-refractivity contribution >= 4 is 34.2 Å². The zero-order valence-electron chi connectivity index (χ0n) is 13.0. The van der Waals surface area contributed by atoms with Crippen molar-refractivity contribution in [2.45, 2.75) is 5.60 Å². The van der Waals surface area contributed by atoms with Gasteiger partial charge in [-0.05, 0) is 30.3 Å². The summed E-state index contributed by atoms with van der Waals surface area (Å²) in [6.07, 6.45) is 3.24. The summed E-state index contributed by atoms with van der Waals surface area (Å²) in [6, 6.07) is 17.9. The first-order valence-corrected chi connectivity index (χ1v) is 8.42. The molecule has 4 aromatic rings. The lowest BCUT2D eigenvalue weighted by molar-refractivity contribution is 0.101. The highest BCUT2D eigenvalue weighted by molar-refractivity contribution is 6.35. The maximum Gasteiger partial charge on any atom is 0.176 e. The molecule has 0 aliphatic carbocycles. The Morgan fingerprint density at radius 1 is 0.960 bits per heavy atom. The molecular formula is C20H13Cl2NO2. The Morgan fingerprint density at radius 2 is 1.80 bits per heavy atom. The number of furan rings is 1. The predicted octanol–water partition coefficient (Wildman–Crippen LogP) is 5.42. The number of hydrogen-bond donors (Lipinski definition) is 1. The third-order valence-electron chi connectivity index (χ3n) is 4.18. The fraction of sp³-hybridized carbons (Fsp3) is 0.0500. The van der Waals surface area contributed by atoms with Gasteiger partial charge in [-0.15, -0.1) is 0 Å². The van der Waals surface area contributed by atoms with Crippen molar-refractivity contribution in [2.75, 3.05) is 0 Å². The summed E-state index contributed by atoms with van der Waals surface area (Å²) in [6.45, 7) is 0. The summed E-state index contributed by atoms with van der Waals surface area (Å²) < 4.78 is 5.96. The molecule has 2 aromatic carbocycles. The second kappa shape index (κ2) is 6.19. The second-order valence-corrected chi connectivity index (χ2v) is 6.57. The third-order valence-corrected chi connectivity index (χ3v) is 4.73. The Hall–Kier alpha value is -2.33. The van der Waals surface area contributed by atoms with Gasteiger partial charge in [0.2, 0.25) is 0 Å². The predicted molar refractivity (Wildman–Crippen MR) is 99.0 cm³/mol. The van der Waals surface area contributed by atoms with Crippen LogP contribution in [-0.2, 0) is 5.60 Å². The number of rotatable bonds is 3. The van der Waals surface area contributed by atoms with E-state index in [4.69, 9.17) is 27.6 Å². The van der Waals surface area contributed by atoms with Gasteiger partial charge in [-0.25, -0.2) is 0 Å². The van der Waals surface area contributed by atoms with Gasteiger partial charge < -0.3 is 9.52 Å². The first kappa shape index (κ1) is 16.2. The maximum atomic E-state index is 11.7. The molecule has 0 saturated carbocycles. The molecule has 0 bridgehead atoms. The Kier molecular flexibility index (Phi) is 4.00. The molecule has 0 saturated heterocycles. The van der Waals surface area contributed by atoms with Gasteiger partial charge in [0, 0.05) is 39.0 Å². The summed E-state index contributed by atoms with van der Waals surface area (Å²) >= 11 is 12.4. The minimum atomic E-state index is -1.59. The molecule has 1 unspecified atom stereocenters. The number of benzene rings is 2. The third kappa shape index (κ3) is 2.71. The van der Waals surface area contributed by atoms with Gasteiger partial charge in [-0.3, -0.25) is 4.98 Å². The van der Waals surface area contributed by atoms with Crippen LogP contribution in [0.4, 0.5) is 0 Å². The lowest BCUT2D eigenvalue weighted by atomic mass is 9.85. The van der Waals surface area contributed by atoms with Crippen molar-refractivity contribution in [3.8, 4) is 0 Å². The molecule has 2 aromatic heterocycles. The van der Waals surface area contributed by atoms with Crippen LogP contribution in [0.3, 0.4) is 0 Å². The number of hydrogen-bond acceptors (Lipinski definition) is 3. The summed E-state index contributed by atoms with van der Waals surface area (Å²) in [5, 5.41) is 13.5. The van der Waals surface area contributed by atoms with Crippen LogP contribution >= 0.6 is 23.2 Å². The summed E-state index contributed by atoms with van der Waals surface area (Å²) in [5.41, 5.74) is 0.128. The van der Waals surface area contributed by atoms with Crippen molar-refractivity contribution in [3.05, 3.63) is 100.0 Å². The average Bonchev–Trinajstić information content (AvgIpc) is 3.06. The smallest absolute Gasteiger partial charge is 0.176 e. The molecule has 2 heterocycles. The quantitative estimate of drug-likeness (QED) is 0.524. The lowest BCUT2D eigenvalue weighted by Crippen LogP contribution is -2.29. The maximum absolute atomic E-state index is 11.7. The Bertz CT molecular complexity index is 1010. The lowest BCUT2D eigenvalue weighted by Gasteiger charge is -2.27. The number of nitrogens with zero attached hydrogens (tertiary/aromatic N) is 1. The van der Waals surface area contributed by atoms with Gasteiger partial charge in [0.15, 0.2) is 5.60 Å². The van der Waals surface area contributed by atoms with Gasteiger partial charge in [0.05, 0.1) is 0 Å². The molecule has 124 valence electrons. The number of pyridine rings is 1. The van der Waals surface area contributed by atoms with E-state index >= 15 is 0 Å². The number of halogens is 2. The average molecular weight is 370 g/mol. The standard InChI is InChI=1S/C20H13Cl2NO2/c21-15-7-8-16(17(22)11-15)20(24,14-5-3-9-23-12-14)19-10-13-4-1-2-6-18(13)25-19/h1-12,24H. The fourth-order valence-corrected chi connectivity index (χ4v) is 3.50. The van der Waals surface area contributed by atoms with Crippen LogP contribution in [0.1, 0.15) is 16.9 Å². The van der Waals surface area contributed by atoms with Crippen LogP contribution in [-0.4, -0.2) is 10.1 Å². The minimum absolute atomic E-state index is 0.347. The normalized spacial score (nSPS) is 13.7. The minimum Gasteiger partial charge on any atom is -0.457 e. The number of aliphatic hydroxyl groups is 1. The molecule has 1 N–H and O–H groups in total.